The quantitative estimate of drug-likeness (QED) is 0.665. The molecule has 0 spiro atoms. The second-order valence-electron chi connectivity index (χ2n) is 8.21. The Bertz CT molecular complexity index is 820. The van der Waals surface area contributed by atoms with E-state index in [1.165, 1.54) is 0 Å². The minimum absolute atomic E-state index is 0.218. The number of hydrogen-bond donors (Lipinski definition) is 0. The highest BCUT2D eigenvalue weighted by molar-refractivity contribution is 9.10. The number of carbonyl (C=O) groups excluding carboxylic acids is 1. The molecule has 0 saturated heterocycles. The number of carbonyl (C=O) groups is 1. The molecule has 27 heavy (non-hydrogen) atoms. The van der Waals surface area contributed by atoms with Gasteiger partial charge in [-0.15, -0.1) is 0 Å². The summed E-state index contributed by atoms with van der Waals surface area (Å²) in [5.41, 5.74) is 0.468. The van der Waals surface area contributed by atoms with Gasteiger partial charge in [-0.05, 0) is 68.5 Å². The van der Waals surface area contributed by atoms with Gasteiger partial charge in [0.05, 0.1) is 23.1 Å². The van der Waals surface area contributed by atoms with E-state index < -0.39 is 5.60 Å². The molecule has 1 aliphatic rings. The Hall–Kier alpha value is -1.76. The van der Waals surface area contributed by atoms with E-state index in [0.29, 0.717) is 6.04 Å². The van der Waals surface area contributed by atoms with Crippen LogP contribution in [0.5, 0.6) is 5.75 Å². The molecule has 0 unspecified atom stereocenters. The van der Waals surface area contributed by atoms with E-state index in [2.05, 4.69) is 26.8 Å². The SMILES string of the molecule is COc1cc2nn(C3CCC(N(C)C(=O)OC(C)(C)C)CC3)cc2cc1Br. The first-order chi connectivity index (χ1) is 12.7. The van der Waals surface area contributed by atoms with E-state index in [0.717, 1.165) is 46.8 Å². The number of benzene rings is 1. The van der Waals surface area contributed by atoms with Crippen LogP contribution in [0.4, 0.5) is 4.79 Å². The van der Waals surface area contributed by atoms with Gasteiger partial charge in [0.1, 0.15) is 11.4 Å². The van der Waals surface area contributed by atoms with Crippen molar-refractivity contribution in [1.82, 2.24) is 14.7 Å². The van der Waals surface area contributed by atoms with Crippen LogP contribution in [0, 0.1) is 0 Å². The molecule has 0 aliphatic heterocycles. The lowest BCUT2D eigenvalue weighted by Crippen LogP contribution is -2.42. The molecule has 1 heterocycles. The molecule has 1 aliphatic carbocycles. The van der Waals surface area contributed by atoms with Gasteiger partial charge in [-0.1, -0.05) is 0 Å². The summed E-state index contributed by atoms with van der Waals surface area (Å²) < 4.78 is 13.8. The fraction of sp³-hybridized carbons (Fsp3) is 0.600. The van der Waals surface area contributed by atoms with Gasteiger partial charge in [0.2, 0.25) is 0 Å². The molecule has 0 radical (unpaired) electrons. The third kappa shape index (κ3) is 4.57. The lowest BCUT2D eigenvalue weighted by molar-refractivity contribution is 0.0173. The standard InChI is InChI=1S/C20H28BrN3O3/c1-20(2,3)27-19(25)23(4)14-6-8-15(9-7-14)24-12-13-10-16(21)18(26-5)11-17(13)22-24/h10-12,14-15H,6-9H2,1-5H3. The number of methoxy groups -OCH3 is 1. The zero-order valence-corrected chi connectivity index (χ0v) is 18.2. The van der Waals surface area contributed by atoms with E-state index in [4.69, 9.17) is 14.6 Å². The Kier molecular flexibility index (Phi) is 5.70. The van der Waals surface area contributed by atoms with Crippen molar-refractivity contribution < 1.29 is 14.3 Å². The van der Waals surface area contributed by atoms with Crippen LogP contribution in [0.1, 0.15) is 52.5 Å². The maximum Gasteiger partial charge on any atom is 0.410 e. The molecule has 1 aromatic heterocycles. The Morgan fingerprint density at radius 1 is 1.26 bits per heavy atom. The van der Waals surface area contributed by atoms with Gasteiger partial charge < -0.3 is 14.4 Å². The lowest BCUT2D eigenvalue weighted by atomic mass is 9.90. The van der Waals surface area contributed by atoms with Gasteiger partial charge in [0.15, 0.2) is 0 Å². The fourth-order valence-electron chi connectivity index (χ4n) is 3.58. The van der Waals surface area contributed by atoms with Crippen molar-refractivity contribution in [1.29, 1.82) is 0 Å². The van der Waals surface area contributed by atoms with Crippen molar-refractivity contribution >= 4 is 32.9 Å². The van der Waals surface area contributed by atoms with Crippen LogP contribution < -0.4 is 4.74 Å². The van der Waals surface area contributed by atoms with Gasteiger partial charge in [0, 0.05) is 30.7 Å². The summed E-state index contributed by atoms with van der Waals surface area (Å²) in [7, 11) is 3.50. The molecule has 2 aromatic rings. The molecule has 7 heteroatoms. The molecule has 1 fully saturated rings. The van der Waals surface area contributed by atoms with Crippen molar-refractivity contribution in [2.24, 2.45) is 0 Å². The molecular formula is C20H28BrN3O3. The number of halogens is 1. The molecule has 148 valence electrons. The number of rotatable bonds is 3. The summed E-state index contributed by atoms with van der Waals surface area (Å²) >= 11 is 3.53. The van der Waals surface area contributed by atoms with Crippen molar-refractivity contribution in [3.8, 4) is 5.75 Å². The second-order valence-corrected chi connectivity index (χ2v) is 9.06. The summed E-state index contributed by atoms with van der Waals surface area (Å²) in [6.07, 6.45) is 5.73. The van der Waals surface area contributed by atoms with E-state index in [9.17, 15) is 4.79 Å². The maximum absolute atomic E-state index is 12.3. The Balaban J connectivity index is 1.65. The highest BCUT2D eigenvalue weighted by Gasteiger charge is 2.30. The zero-order valence-electron chi connectivity index (χ0n) is 16.7. The lowest BCUT2D eigenvalue weighted by Gasteiger charge is -2.35. The molecule has 0 atom stereocenters. The Morgan fingerprint density at radius 3 is 2.52 bits per heavy atom. The number of aromatic nitrogens is 2. The molecular weight excluding hydrogens is 410 g/mol. The Labute approximate surface area is 168 Å². The molecule has 0 bridgehead atoms. The number of nitrogens with zero attached hydrogens (tertiary/aromatic N) is 3. The summed E-state index contributed by atoms with van der Waals surface area (Å²) in [5.74, 6) is 0.787. The van der Waals surface area contributed by atoms with E-state index in [1.807, 2.05) is 40.0 Å². The molecule has 1 amide bonds. The largest absolute Gasteiger partial charge is 0.495 e. The van der Waals surface area contributed by atoms with Gasteiger partial charge in [-0.25, -0.2) is 4.79 Å². The number of fused-ring (bicyclic) bond motifs is 1. The predicted octanol–water partition coefficient (Wildman–Crippen LogP) is 5.16. The van der Waals surface area contributed by atoms with Gasteiger partial charge >= 0.3 is 6.09 Å². The number of amides is 1. The van der Waals surface area contributed by atoms with Crippen molar-refractivity contribution in [2.75, 3.05) is 14.2 Å². The van der Waals surface area contributed by atoms with Crippen LogP contribution in [-0.4, -0.2) is 46.6 Å². The maximum atomic E-state index is 12.3. The summed E-state index contributed by atoms with van der Waals surface area (Å²) in [5, 5.41) is 5.84. The van der Waals surface area contributed by atoms with E-state index in [-0.39, 0.29) is 12.1 Å². The first-order valence-electron chi connectivity index (χ1n) is 9.36. The van der Waals surface area contributed by atoms with Crippen LogP contribution in [0.2, 0.25) is 0 Å². The van der Waals surface area contributed by atoms with Crippen LogP contribution in [0.25, 0.3) is 10.9 Å². The first kappa shape index (κ1) is 20.0. The van der Waals surface area contributed by atoms with Crippen molar-refractivity contribution in [3.05, 3.63) is 22.8 Å². The van der Waals surface area contributed by atoms with Crippen LogP contribution in [-0.2, 0) is 4.74 Å². The minimum Gasteiger partial charge on any atom is -0.495 e. The molecule has 1 saturated carbocycles. The van der Waals surface area contributed by atoms with Crippen molar-refractivity contribution in [2.45, 2.75) is 64.1 Å². The average molecular weight is 438 g/mol. The highest BCUT2D eigenvalue weighted by atomic mass is 79.9. The van der Waals surface area contributed by atoms with Crippen LogP contribution in [0.3, 0.4) is 0 Å². The molecule has 1 aromatic carbocycles. The minimum atomic E-state index is -0.465. The smallest absolute Gasteiger partial charge is 0.410 e. The highest BCUT2D eigenvalue weighted by Crippen LogP contribution is 2.34. The van der Waals surface area contributed by atoms with Crippen molar-refractivity contribution in [3.63, 3.8) is 0 Å². The predicted molar refractivity (Wildman–Crippen MR) is 109 cm³/mol. The molecule has 3 rings (SSSR count). The van der Waals surface area contributed by atoms with E-state index >= 15 is 0 Å². The fourth-order valence-corrected chi connectivity index (χ4v) is 4.10. The third-order valence-electron chi connectivity index (χ3n) is 5.07. The average Bonchev–Trinajstić information content (AvgIpc) is 3.01. The normalized spacial score (nSPS) is 20.5. The van der Waals surface area contributed by atoms with Crippen LogP contribution in [0.15, 0.2) is 22.8 Å². The first-order valence-corrected chi connectivity index (χ1v) is 10.2. The number of hydrogen-bond acceptors (Lipinski definition) is 4. The zero-order chi connectivity index (χ0) is 19.8. The van der Waals surface area contributed by atoms with E-state index in [1.54, 1.807) is 12.0 Å². The van der Waals surface area contributed by atoms with Gasteiger partial charge in [-0.2, -0.15) is 5.10 Å². The topological polar surface area (TPSA) is 56.6 Å². The van der Waals surface area contributed by atoms with Gasteiger partial charge in [-0.3, -0.25) is 4.68 Å². The van der Waals surface area contributed by atoms with Crippen LogP contribution >= 0.6 is 15.9 Å². The second kappa shape index (κ2) is 7.70. The summed E-state index contributed by atoms with van der Waals surface area (Å²) in [6.45, 7) is 5.68. The number of ether oxygens (including phenoxy) is 2. The monoisotopic (exact) mass is 437 g/mol. The molecule has 6 nitrogen and oxygen atoms in total. The van der Waals surface area contributed by atoms with Gasteiger partial charge in [0.25, 0.3) is 0 Å². The summed E-state index contributed by atoms with van der Waals surface area (Å²) in [4.78, 5) is 14.0. The third-order valence-corrected chi connectivity index (χ3v) is 5.68. The molecule has 0 N–H and O–H groups in total. The Morgan fingerprint density at radius 2 is 1.93 bits per heavy atom. The summed E-state index contributed by atoms with van der Waals surface area (Å²) in [6, 6.07) is 4.57.